The van der Waals surface area contributed by atoms with Gasteiger partial charge in [0.05, 0.1) is 11.0 Å². The number of nitrogens with zero attached hydrogens (tertiary/aromatic N) is 4. The van der Waals surface area contributed by atoms with Crippen LogP contribution in [0.25, 0.3) is 27.7 Å². The highest BCUT2D eigenvalue weighted by Crippen LogP contribution is 2.36. The van der Waals surface area contributed by atoms with Crippen molar-refractivity contribution in [2.24, 2.45) is 0 Å². The summed E-state index contributed by atoms with van der Waals surface area (Å²) in [5, 5.41) is 0.803. The third kappa shape index (κ3) is 4.41. The van der Waals surface area contributed by atoms with Crippen LogP contribution < -0.4 is 4.74 Å². The number of imidazole rings is 1. The molecule has 0 bridgehead atoms. The maximum atomic E-state index is 12.5. The molecule has 1 unspecified atom stereocenters. The van der Waals surface area contributed by atoms with E-state index in [1.165, 1.54) is 5.56 Å². The van der Waals surface area contributed by atoms with Crippen LogP contribution in [0.2, 0.25) is 0 Å². The van der Waals surface area contributed by atoms with Crippen LogP contribution in [-0.4, -0.2) is 24.9 Å². The molecular formula is C29H32N4O2. The molecule has 0 aliphatic carbocycles. The molecule has 2 aromatic carbocycles. The molecule has 0 N–H and O–H groups in total. The smallest absolute Gasteiger partial charge is 0.311 e. The van der Waals surface area contributed by atoms with E-state index in [1.807, 2.05) is 37.4 Å². The quantitative estimate of drug-likeness (QED) is 0.226. The molecule has 3 heterocycles. The van der Waals surface area contributed by atoms with Crippen LogP contribution in [0.5, 0.6) is 5.75 Å². The standard InChI is InChI=1S/C29H32N4O2/c1-4-11-25-31-28-27(29-30-22-15-9-10-16-23(22)33(25)29)24(35-26(34)12-5-2)19-32(28)20(3)17-18-21-13-7-6-8-14-21/h6-10,13-16,19-20H,4-5,11-12,17-18H2,1-3H3. The average molecular weight is 469 g/mol. The fraction of sp³-hybridized carbons (Fsp3) is 0.345. The molecule has 0 saturated heterocycles. The average Bonchev–Trinajstić information content (AvgIpc) is 3.42. The van der Waals surface area contributed by atoms with Gasteiger partial charge in [0, 0.05) is 25.1 Å². The monoisotopic (exact) mass is 468 g/mol. The van der Waals surface area contributed by atoms with Crippen LogP contribution in [0.1, 0.15) is 63.9 Å². The molecule has 0 aliphatic rings. The summed E-state index contributed by atoms with van der Waals surface area (Å²) in [6.45, 7) is 6.35. The summed E-state index contributed by atoms with van der Waals surface area (Å²) in [6.07, 6.45) is 6.79. The predicted octanol–water partition coefficient (Wildman–Crippen LogP) is 6.69. The lowest BCUT2D eigenvalue weighted by atomic mass is 10.1. The Morgan fingerprint density at radius 1 is 0.943 bits per heavy atom. The van der Waals surface area contributed by atoms with E-state index in [1.54, 1.807) is 0 Å². The molecule has 5 aromatic rings. The first-order valence-corrected chi connectivity index (χ1v) is 12.7. The van der Waals surface area contributed by atoms with Crippen LogP contribution >= 0.6 is 0 Å². The number of fused-ring (bicyclic) bond motifs is 5. The number of para-hydroxylation sites is 2. The molecule has 35 heavy (non-hydrogen) atoms. The lowest BCUT2D eigenvalue weighted by molar-refractivity contribution is -0.134. The van der Waals surface area contributed by atoms with Crippen molar-refractivity contribution in [1.82, 2.24) is 18.9 Å². The van der Waals surface area contributed by atoms with Gasteiger partial charge in [-0.05, 0) is 50.3 Å². The molecule has 0 radical (unpaired) electrons. The van der Waals surface area contributed by atoms with Gasteiger partial charge in [0.2, 0.25) is 0 Å². The summed E-state index contributed by atoms with van der Waals surface area (Å²) < 4.78 is 10.2. The molecule has 6 nitrogen and oxygen atoms in total. The minimum absolute atomic E-state index is 0.171. The van der Waals surface area contributed by atoms with E-state index in [0.29, 0.717) is 12.2 Å². The van der Waals surface area contributed by atoms with Crippen LogP contribution in [-0.2, 0) is 17.6 Å². The Balaban J connectivity index is 1.68. The molecule has 0 saturated carbocycles. The van der Waals surface area contributed by atoms with Crippen LogP contribution in [0.3, 0.4) is 0 Å². The predicted molar refractivity (Wildman–Crippen MR) is 140 cm³/mol. The largest absolute Gasteiger partial charge is 0.424 e. The molecule has 0 amide bonds. The Hall–Kier alpha value is -3.67. The summed E-state index contributed by atoms with van der Waals surface area (Å²) in [5.41, 5.74) is 4.88. The molecule has 3 aromatic heterocycles. The van der Waals surface area contributed by atoms with Crippen molar-refractivity contribution in [3.05, 3.63) is 72.2 Å². The highest BCUT2D eigenvalue weighted by molar-refractivity contribution is 6.01. The number of hydrogen-bond acceptors (Lipinski definition) is 4. The van der Waals surface area contributed by atoms with E-state index >= 15 is 0 Å². The molecular weight excluding hydrogens is 436 g/mol. The van der Waals surface area contributed by atoms with Crippen molar-refractivity contribution in [2.45, 2.75) is 65.3 Å². The zero-order chi connectivity index (χ0) is 24.4. The van der Waals surface area contributed by atoms with Gasteiger partial charge in [0.15, 0.2) is 11.4 Å². The van der Waals surface area contributed by atoms with Crippen LogP contribution in [0.4, 0.5) is 0 Å². The van der Waals surface area contributed by atoms with E-state index < -0.39 is 0 Å². The Morgan fingerprint density at radius 2 is 1.71 bits per heavy atom. The van der Waals surface area contributed by atoms with E-state index in [-0.39, 0.29) is 12.0 Å². The second-order valence-electron chi connectivity index (χ2n) is 9.23. The molecule has 0 fully saturated rings. The molecule has 180 valence electrons. The van der Waals surface area contributed by atoms with Gasteiger partial charge in [0.25, 0.3) is 0 Å². The first kappa shape index (κ1) is 23.1. The minimum atomic E-state index is -0.226. The Morgan fingerprint density at radius 3 is 2.49 bits per heavy atom. The number of aryl methyl sites for hydroxylation is 2. The first-order chi connectivity index (χ1) is 17.1. The number of esters is 1. The zero-order valence-corrected chi connectivity index (χ0v) is 20.7. The SMILES string of the molecule is CCCC(=O)Oc1cn(C(C)CCc2ccccc2)c2nc(CCC)n3c4ccccc4nc3c12. The number of hydrogen-bond donors (Lipinski definition) is 0. The maximum Gasteiger partial charge on any atom is 0.311 e. The highest BCUT2D eigenvalue weighted by atomic mass is 16.5. The van der Waals surface area contributed by atoms with Crippen LogP contribution in [0.15, 0.2) is 60.8 Å². The Kier molecular flexibility index (Phi) is 6.53. The summed E-state index contributed by atoms with van der Waals surface area (Å²) >= 11 is 0. The fourth-order valence-corrected chi connectivity index (χ4v) is 4.78. The van der Waals surface area contributed by atoms with Crippen molar-refractivity contribution in [3.8, 4) is 5.75 Å². The van der Waals surface area contributed by atoms with Gasteiger partial charge in [0.1, 0.15) is 16.9 Å². The summed E-state index contributed by atoms with van der Waals surface area (Å²) in [6, 6.07) is 18.8. The van der Waals surface area contributed by atoms with Gasteiger partial charge < -0.3 is 9.30 Å². The summed E-state index contributed by atoms with van der Waals surface area (Å²) in [4.78, 5) is 22.7. The Labute approximate surface area is 205 Å². The normalized spacial score (nSPS) is 12.5. The lowest BCUT2D eigenvalue weighted by Crippen LogP contribution is -2.08. The highest BCUT2D eigenvalue weighted by Gasteiger charge is 2.24. The van der Waals surface area contributed by atoms with Gasteiger partial charge in [-0.15, -0.1) is 0 Å². The van der Waals surface area contributed by atoms with Gasteiger partial charge in [-0.2, -0.15) is 0 Å². The minimum Gasteiger partial charge on any atom is -0.424 e. The summed E-state index contributed by atoms with van der Waals surface area (Å²) in [5.74, 6) is 1.29. The van der Waals surface area contributed by atoms with E-state index in [4.69, 9.17) is 14.7 Å². The second-order valence-corrected chi connectivity index (χ2v) is 9.23. The van der Waals surface area contributed by atoms with Gasteiger partial charge in [-0.3, -0.25) is 9.20 Å². The number of benzene rings is 2. The van der Waals surface area contributed by atoms with Crippen molar-refractivity contribution >= 4 is 33.7 Å². The van der Waals surface area contributed by atoms with Crippen molar-refractivity contribution < 1.29 is 9.53 Å². The molecule has 6 heteroatoms. The summed E-state index contributed by atoms with van der Waals surface area (Å²) in [7, 11) is 0. The third-order valence-corrected chi connectivity index (χ3v) is 6.57. The molecule has 0 spiro atoms. The van der Waals surface area contributed by atoms with Crippen molar-refractivity contribution in [1.29, 1.82) is 0 Å². The number of rotatable bonds is 9. The second kappa shape index (κ2) is 9.90. The van der Waals surface area contributed by atoms with Crippen LogP contribution in [0, 0.1) is 0 Å². The first-order valence-electron chi connectivity index (χ1n) is 12.7. The number of carbonyl (C=O) groups is 1. The molecule has 5 rings (SSSR count). The number of carbonyl (C=O) groups excluding carboxylic acids is 1. The lowest BCUT2D eigenvalue weighted by Gasteiger charge is -2.15. The maximum absolute atomic E-state index is 12.5. The third-order valence-electron chi connectivity index (χ3n) is 6.57. The van der Waals surface area contributed by atoms with E-state index in [0.717, 1.165) is 65.6 Å². The van der Waals surface area contributed by atoms with Gasteiger partial charge in [-0.1, -0.05) is 56.3 Å². The fourth-order valence-electron chi connectivity index (χ4n) is 4.78. The van der Waals surface area contributed by atoms with Gasteiger partial charge in [-0.25, -0.2) is 9.97 Å². The zero-order valence-electron chi connectivity index (χ0n) is 20.7. The number of ether oxygens (including phenoxy) is 1. The van der Waals surface area contributed by atoms with E-state index in [9.17, 15) is 4.79 Å². The van der Waals surface area contributed by atoms with Gasteiger partial charge >= 0.3 is 5.97 Å². The van der Waals surface area contributed by atoms with E-state index in [2.05, 4.69) is 53.1 Å². The molecule has 0 aliphatic heterocycles. The number of aromatic nitrogens is 4. The Bertz CT molecular complexity index is 1480. The molecule has 1 atom stereocenters. The topological polar surface area (TPSA) is 61.4 Å². The van der Waals surface area contributed by atoms with Crippen molar-refractivity contribution in [3.63, 3.8) is 0 Å². The van der Waals surface area contributed by atoms with Crippen molar-refractivity contribution in [2.75, 3.05) is 0 Å².